The first-order valence-corrected chi connectivity index (χ1v) is 6.68. The van der Waals surface area contributed by atoms with Crippen molar-refractivity contribution in [2.45, 2.75) is 19.4 Å². The highest BCUT2D eigenvalue weighted by Crippen LogP contribution is 2.22. The van der Waals surface area contributed by atoms with E-state index in [4.69, 9.17) is 4.74 Å². The summed E-state index contributed by atoms with van der Waals surface area (Å²) in [5.41, 5.74) is 1.84. The molecule has 1 unspecified atom stereocenters. The van der Waals surface area contributed by atoms with E-state index in [2.05, 4.69) is 20.2 Å². The summed E-state index contributed by atoms with van der Waals surface area (Å²) in [5.74, 6) is -0.424. The zero-order valence-corrected chi connectivity index (χ0v) is 11.5. The molecule has 1 atom stereocenters. The SMILES string of the molecule is CCC(OC(=O)c1cncc2[nH]ncc12)c1ccccn1. The van der Waals surface area contributed by atoms with Crippen LogP contribution >= 0.6 is 0 Å². The van der Waals surface area contributed by atoms with Gasteiger partial charge in [-0.05, 0) is 18.6 Å². The van der Waals surface area contributed by atoms with Gasteiger partial charge in [0.15, 0.2) is 0 Å². The number of H-pyrrole nitrogens is 1. The molecule has 0 bridgehead atoms. The molecule has 3 heterocycles. The third-order valence-electron chi connectivity index (χ3n) is 3.22. The van der Waals surface area contributed by atoms with Gasteiger partial charge < -0.3 is 4.74 Å². The van der Waals surface area contributed by atoms with Crippen molar-refractivity contribution >= 4 is 16.9 Å². The number of carbonyl (C=O) groups is 1. The average Bonchev–Trinajstić information content (AvgIpc) is 3.01. The monoisotopic (exact) mass is 282 g/mol. The molecule has 6 heteroatoms. The molecule has 1 N–H and O–H groups in total. The highest BCUT2D eigenvalue weighted by Gasteiger charge is 2.19. The first-order valence-electron chi connectivity index (χ1n) is 6.68. The molecule has 0 aliphatic rings. The zero-order chi connectivity index (χ0) is 14.7. The number of carbonyl (C=O) groups excluding carboxylic acids is 1. The van der Waals surface area contributed by atoms with Crippen molar-refractivity contribution in [1.29, 1.82) is 0 Å². The van der Waals surface area contributed by atoms with E-state index in [1.165, 1.54) is 6.20 Å². The lowest BCUT2D eigenvalue weighted by Gasteiger charge is -2.15. The number of hydrogen-bond donors (Lipinski definition) is 1. The smallest absolute Gasteiger partial charge is 0.341 e. The fraction of sp³-hybridized carbons (Fsp3) is 0.200. The minimum absolute atomic E-state index is 0.374. The van der Waals surface area contributed by atoms with E-state index in [1.54, 1.807) is 18.6 Å². The molecule has 0 amide bonds. The molecule has 3 aromatic rings. The van der Waals surface area contributed by atoms with E-state index in [0.29, 0.717) is 22.9 Å². The Morgan fingerprint density at radius 1 is 1.33 bits per heavy atom. The Morgan fingerprint density at radius 2 is 2.24 bits per heavy atom. The molecule has 21 heavy (non-hydrogen) atoms. The van der Waals surface area contributed by atoms with Crippen LogP contribution < -0.4 is 0 Å². The van der Waals surface area contributed by atoms with Crippen molar-refractivity contribution in [3.63, 3.8) is 0 Å². The van der Waals surface area contributed by atoms with Crippen LogP contribution in [0.2, 0.25) is 0 Å². The van der Waals surface area contributed by atoms with Crippen molar-refractivity contribution in [1.82, 2.24) is 20.2 Å². The lowest BCUT2D eigenvalue weighted by molar-refractivity contribution is 0.0280. The molecule has 0 fully saturated rings. The lowest BCUT2D eigenvalue weighted by Crippen LogP contribution is -2.12. The maximum Gasteiger partial charge on any atom is 0.341 e. The lowest BCUT2D eigenvalue weighted by atomic mass is 10.1. The Labute approximate surface area is 121 Å². The van der Waals surface area contributed by atoms with Gasteiger partial charge in [-0.1, -0.05) is 13.0 Å². The van der Waals surface area contributed by atoms with E-state index in [0.717, 1.165) is 5.69 Å². The second kappa shape index (κ2) is 5.70. The third-order valence-corrected chi connectivity index (χ3v) is 3.22. The predicted molar refractivity (Wildman–Crippen MR) is 76.6 cm³/mol. The van der Waals surface area contributed by atoms with Gasteiger partial charge >= 0.3 is 5.97 Å². The van der Waals surface area contributed by atoms with E-state index in [-0.39, 0.29) is 6.10 Å². The number of nitrogens with one attached hydrogen (secondary N) is 1. The van der Waals surface area contributed by atoms with Crippen molar-refractivity contribution in [2.24, 2.45) is 0 Å². The van der Waals surface area contributed by atoms with E-state index in [9.17, 15) is 4.79 Å². The number of pyridine rings is 2. The summed E-state index contributed by atoms with van der Waals surface area (Å²) in [6, 6.07) is 5.55. The average molecular weight is 282 g/mol. The van der Waals surface area contributed by atoms with Crippen LogP contribution in [0, 0.1) is 0 Å². The van der Waals surface area contributed by atoms with E-state index >= 15 is 0 Å². The van der Waals surface area contributed by atoms with Crippen LogP contribution in [0.25, 0.3) is 10.9 Å². The summed E-state index contributed by atoms with van der Waals surface area (Å²) in [7, 11) is 0. The van der Waals surface area contributed by atoms with Crippen molar-refractivity contribution in [3.05, 3.63) is 54.2 Å². The number of esters is 1. The van der Waals surface area contributed by atoms with Crippen molar-refractivity contribution in [3.8, 4) is 0 Å². The van der Waals surface area contributed by atoms with Crippen molar-refractivity contribution < 1.29 is 9.53 Å². The summed E-state index contributed by atoms with van der Waals surface area (Å²) < 4.78 is 5.57. The fourth-order valence-corrected chi connectivity index (χ4v) is 2.14. The first kappa shape index (κ1) is 13.2. The van der Waals surface area contributed by atoms with Gasteiger partial charge in [0.25, 0.3) is 0 Å². The molecule has 3 aromatic heterocycles. The second-order valence-electron chi connectivity index (χ2n) is 4.58. The molecule has 3 rings (SSSR count). The fourth-order valence-electron chi connectivity index (χ4n) is 2.14. The van der Waals surface area contributed by atoms with Crippen LogP contribution in [0.4, 0.5) is 0 Å². The van der Waals surface area contributed by atoms with Gasteiger partial charge in [-0.3, -0.25) is 15.1 Å². The number of ether oxygens (including phenoxy) is 1. The molecule has 0 aliphatic heterocycles. The number of aromatic nitrogens is 4. The van der Waals surface area contributed by atoms with Crippen LogP contribution in [0.15, 0.2) is 43.0 Å². The van der Waals surface area contributed by atoms with Crippen LogP contribution in [-0.2, 0) is 4.74 Å². The summed E-state index contributed by atoms with van der Waals surface area (Å²) in [6.45, 7) is 1.95. The Hall–Kier alpha value is -2.76. The second-order valence-corrected chi connectivity index (χ2v) is 4.58. The molecule has 106 valence electrons. The van der Waals surface area contributed by atoms with Gasteiger partial charge in [0, 0.05) is 17.8 Å². The maximum absolute atomic E-state index is 12.4. The van der Waals surface area contributed by atoms with E-state index < -0.39 is 5.97 Å². The minimum atomic E-state index is -0.424. The van der Waals surface area contributed by atoms with Crippen LogP contribution in [0.3, 0.4) is 0 Å². The summed E-state index contributed by atoms with van der Waals surface area (Å²) in [6.07, 6.45) is 6.67. The normalized spacial score (nSPS) is 12.2. The van der Waals surface area contributed by atoms with Crippen LogP contribution in [0.5, 0.6) is 0 Å². The van der Waals surface area contributed by atoms with Gasteiger partial charge in [0.1, 0.15) is 6.10 Å². The van der Waals surface area contributed by atoms with Crippen LogP contribution in [0.1, 0.15) is 35.5 Å². The Kier molecular flexibility index (Phi) is 3.59. The summed E-state index contributed by atoms with van der Waals surface area (Å²) in [4.78, 5) is 20.6. The summed E-state index contributed by atoms with van der Waals surface area (Å²) in [5, 5.41) is 7.40. The standard InChI is InChI=1S/C15H14N4O2/c1-2-14(12-5-3-4-6-17-12)21-15(20)11-7-16-9-13-10(11)8-18-19-13/h3-9,14H,2H2,1H3,(H,18,19). The zero-order valence-electron chi connectivity index (χ0n) is 11.5. The van der Waals surface area contributed by atoms with Crippen molar-refractivity contribution in [2.75, 3.05) is 0 Å². The predicted octanol–water partition coefficient (Wildman–Crippen LogP) is 2.66. The quantitative estimate of drug-likeness (QED) is 0.744. The number of aromatic amines is 1. The topological polar surface area (TPSA) is 80.8 Å². The maximum atomic E-state index is 12.4. The third kappa shape index (κ3) is 2.60. The largest absolute Gasteiger partial charge is 0.452 e. The Bertz CT molecular complexity index is 754. The van der Waals surface area contributed by atoms with E-state index in [1.807, 2.05) is 25.1 Å². The molecular formula is C15H14N4O2. The highest BCUT2D eigenvalue weighted by atomic mass is 16.5. The number of fused-ring (bicyclic) bond motifs is 1. The van der Waals surface area contributed by atoms with Gasteiger partial charge in [-0.2, -0.15) is 5.10 Å². The number of nitrogens with zero attached hydrogens (tertiary/aromatic N) is 3. The first-order chi connectivity index (χ1) is 10.3. The number of rotatable bonds is 4. The molecular weight excluding hydrogens is 268 g/mol. The van der Waals surface area contributed by atoms with Gasteiger partial charge in [-0.25, -0.2) is 4.79 Å². The Balaban J connectivity index is 1.87. The van der Waals surface area contributed by atoms with Gasteiger partial charge in [0.2, 0.25) is 0 Å². The molecule has 0 saturated carbocycles. The summed E-state index contributed by atoms with van der Waals surface area (Å²) >= 11 is 0. The minimum Gasteiger partial charge on any atom is -0.452 e. The Morgan fingerprint density at radius 3 is 3.00 bits per heavy atom. The molecule has 0 spiro atoms. The molecule has 0 aliphatic carbocycles. The number of hydrogen-bond acceptors (Lipinski definition) is 5. The molecule has 0 aromatic carbocycles. The molecule has 6 nitrogen and oxygen atoms in total. The molecule has 0 saturated heterocycles. The van der Waals surface area contributed by atoms with Gasteiger partial charge in [-0.15, -0.1) is 0 Å². The van der Waals surface area contributed by atoms with Crippen LogP contribution in [-0.4, -0.2) is 26.1 Å². The highest BCUT2D eigenvalue weighted by molar-refractivity contribution is 6.02. The molecule has 0 radical (unpaired) electrons. The van der Waals surface area contributed by atoms with Gasteiger partial charge in [0.05, 0.1) is 29.2 Å².